The maximum absolute atomic E-state index is 11.2. The molecule has 2 unspecified atom stereocenters. The van der Waals surface area contributed by atoms with Gasteiger partial charge < -0.3 is 10.0 Å². The van der Waals surface area contributed by atoms with Gasteiger partial charge in [0.05, 0.1) is 0 Å². The Balaban J connectivity index is 2.54. The first-order valence-corrected chi connectivity index (χ1v) is 4.61. The van der Waals surface area contributed by atoms with Crippen LogP contribution in [0.3, 0.4) is 0 Å². The van der Waals surface area contributed by atoms with Crippen molar-refractivity contribution in [3.63, 3.8) is 0 Å². The Labute approximate surface area is 73.4 Å². The zero-order valence-electron chi connectivity index (χ0n) is 7.79. The van der Waals surface area contributed by atoms with Gasteiger partial charge >= 0.3 is 0 Å². The summed E-state index contributed by atoms with van der Waals surface area (Å²) in [6, 6.07) is 0.314. The molecule has 0 aromatic rings. The summed E-state index contributed by atoms with van der Waals surface area (Å²) in [6.45, 7) is 4.68. The molecule has 1 N–H and O–H groups in total. The van der Waals surface area contributed by atoms with Gasteiger partial charge in [-0.15, -0.1) is 0 Å². The lowest BCUT2D eigenvalue weighted by Gasteiger charge is -2.23. The fraction of sp³-hybridized carbons (Fsp3) is 0.889. The van der Waals surface area contributed by atoms with Crippen LogP contribution in [-0.2, 0) is 4.79 Å². The van der Waals surface area contributed by atoms with Crippen molar-refractivity contribution in [2.45, 2.75) is 32.7 Å². The van der Waals surface area contributed by atoms with E-state index in [0.717, 1.165) is 19.4 Å². The van der Waals surface area contributed by atoms with E-state index in [-0.39, 0.29) is 12.5 Å². The standard InChI is InChI=1S/C9H17NO2/c1-3-8-4-5-10(7(8)2)9(12)6-11/h7-8,11H,3-6H2,1-2H3. The van der Waals surface area contributed by atoms with Crippen molar-refractivity contribution in [1.82, 2.24) is 4.90 Å². The summed E-state index contributed by atoms with van der Waals surface area (Å²) in [5.41, 5.74) is 0. The van der Waals surface area contributed by atoms with Crippen LogP contribution in [0, 0.1) is 5.92 Å². The van der Waals surface area contributed by atoms with E-state index >= 15 is 0 Å². The monoisotopic (exact) mass is 171 g/mol. The van der Waals surface area contributed by atoms with Crippen LogP contribution < -0.4 is 0 Å². The molecule has 0 radical (unpaired) electrons. The Hall–Kier alpha value is -0.570. The van der Waals surface area contributed by atoms with Crippen LogP contribution in [0.1, 0.15) is 26.7 Å². The van der Waals surface area contributed by atoms with Crippen LogP contribution in [-0.4, -0.2) is 35.1 Å². The molecule has 0 aromatic heterocycles. The third kappa shape index (κ3) is 1.61. The van der Waals surface area contributed by atoms with Gasteiger partial charge in [0.15, 0.2) is 0 Å². The van der Waals surface area contributed by atoms with Gasteiger partial charge in [-0.25, -0.2) is 0 Å². The topological polar surface area (TPSA) is 40.5 Å². The molecule has 1 aliphatic heterocycles. The van der Waals surface area contributed by atoms with Gasteiger partial charge in [0.2, 0.25) is 5.91 Å². The minimum Gasteiger partial charge on any atom is -0.387 e. The molecule has 1 amide bonds. The number of carbonyl (C=O) groups excluding carboxylic acids is 1. The fourth-order valence-electron chi connectivity index (χ4n) is 1.99. The first-order valence-electron chi connectivity index (χ1n) is 4.61. The highest BCUT2D eigenvalue weighted by atomic mass is 16.3. The number of likely N-dealkylation sites (tertiary alicyclic amines) is 1. The van der Waals surface area contributed by atoms with Gasteiger partial charge in [0.25, 0.3) is 0 Å². The van der Waals surface area contributed by atoms with Crippen molar-refractivity contribution in [3.8, 4) is 0 Å². The van der Waals surface area contributed by atoms with E-state index < -0.39 is 0 Å². The second kappa shape index (κ2) is 3.90. The fourth-order valence-corrected chi connectivity index (χ4v) is 1.99. The molecule has 0 saturated carbocycles. The number of nitrogens with zero attached hydrogens (tertiary/aromatic N) is 1. The second-order valence-electron chi connectivity index (χ2n) is 3.44. The summed E-state index contributed by atoms with van der Waals surface area (Å²) >= 11 is 0. The zero-order chi connectivity index (χ0) is 9.14. The summed E-state index contributed by atoms with van der Waals surface area (Å²) in [5, 5.41) is 8.68. The number of amides is 1. The Morgan fingerprint density at radius 1 is 1.67 bits per heavy atom. The van der Waals surface area contributed by atoms with Crippen molar-refractivity contribution in [2.75, 3.05) is 13.2 Å². The maximum atomic E-state index is 11.2. The molecule has 3 heteroatoms. The van der Waals surface area contributed by atoms with E-state index in [9.17, 15) is 4.79 Å². The van der Waals surface area contributed by atoms with E-state index in [1.165, 1.54) is 0 Å². The Morgan fingerprint density at radius 3 is 2.75 bits per heavy atom. The quantitative estimate of drug-likeness (QED) is 0.662. The number of carbonyl (C=O) groups is 1. The molecule has 2 atom stereocenters. The van der Waals surface area contributed by atoms with Crippen LogP contribution in [0.15, 0.2) is 0 Å². The summed E-state index contributed by atoms with van der Waals surface area (Å²) in [4.78, 5) is 12.9. The van der Waals surface area contributed by atoms with Gasteiger partial charge in [-0.3, -0.25) is 4.79 Å². The predicted molar refractivity (Wildman–Crippen MR) is 46.7 cm³/mol. The molecule has 0 aliphatic carbocycles. The van der Waals surface area contributed by atoms with E-state index in [1.807, 2.05) is 0 Å². The van der Waals surface area contributed by atoms with Crippen molar-refractivity contribution < 1.29 is 9.90 Å². The SMILES string of the molecule is CCC1CCN(C(=O)CO)C1C. The van der Waals surface area contributed by atoms with Crippen LogP contribution >= 0.6 is 0 Å². The highest BCUT2D eigenvalue weighted by Gasteiger charge is 2.31. The molecule has 0 bridgehead atoms. The summed E-state index contributed by atoms with van der Waals surface area (Å²) in [6.07, 6.45) is 2.21. The highest BCUT2D eigenvalue weighted by Crippen LogP contribution is 2.26. The molecular formula is C9H17NO2. The lowest BCUT2D eigenvalue weighted by molar-refractivity contribution is -0.135. The largest absolute Gasteiger partial charge is 0.387 e. The van der Waals surface area contributed by atoms with E-state index in [0.29, 0.717) is 12.0 Å². The number of hydrogen-bond donors (Lipinski definition) is 1. The molecule has 1 heterocycles. The van der Waals surface area contributed by atoms with Crippen LogP contribution in [0.25, 0.3) is 0 Å². The van der Waals surface area contributed by atoms with Crippen molar-refractivity contribution >= 4 is 5.91 Å². The number of hydrogen-bond acceptors (Lipinski definition) is 2. The second-order valence-corrected chi connectivity index (χ2v) is 3.44. The van der Waals surface area contributed by atoms with E-state index in [4.69, 9.17) is 5.11 Å². The third-order valence-corrected chi connectivity index (χ3v) is 2.89. The lowest BCUT2D eigenvalue weighted by Crippen LogP contribution is -2.37. The first-order chi connectivity index (χ1) is 5.70. The summed E-state index contributed by atoms with van der Waals surface area (Å²) in [5.74, 6) is 0.499. The van der Waals surface area contributed by atoms with E-state index in [2.05, 4.69) is 13.8 Å². The molecule has 0 aromatic carbocycles. The molecule has 1 rings (SSSR count). The van der Waals surface area contributed by atoms with Gasteiger partial charge in [0, 0.05) is 12.6 Å². The maximum Gasteiger partial charge on any atom is 0.248 e. The van der Waals surface area contributed by atoms with Gasteiger partial charge in [-0.2, -0.15) is 0 Å². The lowest BCUT2D eigenvalue weighted by atomic mass is 9.99. The average Bonchev–Trinajstić information content (AvgIpc) is 2.45. The number of aliphatic hydroxyl groups excluding tert-OH is 1. The van der Waals surface area contributed by atoms with Gasteiger partial charge in [-0.05, 0) is 19.3 Å². The molecule has 3 nitrogen and oxygen atoms in total. The van der Waals surface area contributed by atoms with Crippen LogP contribution in [0.5, 0.6) is 0 Å². The van der Waals surface area contributed by atoms with Crippen LogP contribution in [0.2, 0.25) is 0 Å². The minimum absolute atomic E-state index is 0.126. The molecule has 12 heavy (non-hydrogen) atoms. The molecule has 70 valence electrons. The Bertz CT molecular complexity index is 170. The van der Waals surface area contributed by atoms with Crippen molar-refractivity contribution in [2.24, 2.45) is 5.92 Å². The Kier molecular flexibility index (Phi) is 3.09. The molecule has 1 aliphatic rings. The molecule has 1 saturated heterocycles. The Morgan fingerprint density at radius 2 is 2.33 bits per heavy atom. The van der Waals surface area contributed by atoms with Crippen molar-refractivity contribution in [1.29, 1.82) is 0 Å². The molecular weight excluding hydrogens is 154 g/mol. The van der Waals surface area contributed by atoms with Crippen molar-refractivity contribution in [3.05, 3.63) is 0 Å². The average molecular weight is 171 g/mol. The number of rotatable bonds is 2. The first kappa shape index (κ1) is 9.52. The van der Waals surface area contributed by atoms with E-state index in [1.54, 1.807) is 4.90 Å². The van der Waals surface area contributed by atoms with Gasteiger partial charge in [-0.1, -0.05) is 13.3 Å². The van der Waals surface area contributed by atoms with Gasteiger partial charge in [0.1, 0.15) is 6.61 Å². The number of aliphatic hydroxyl groups is 1. The summed E-state index contributed by atoms with van der Waals surface area (Å²) < 4.78 is 0. The zero-order valence-corrected chi connectivity index (χ0v) is 7.79. The van der Waals surface area contributed by atoms with Crippen LogP contribution in [0.4, 0.5) is 0 Å². The molecule has 1 fully saturated rings. The predicted octanol–water partition coefficient (Wildman–Crippen LogP) is 0.626. The highest BCUT2D eigenvalue weighted by molar-refractivity contribution is 5.77. The summed E-state index contributed by atoms with van der Waals surface area (Å²) in [7, 11) is 0. The normalized spacial score (nSPS) is 29.4. The minimum atomic E-state index is -0.346. The smallest absolute Gasteiger partial charge is 0.248 e. The third-order valence-electron chi connectivity index (χ3n) is 2.89. The molecule has 0 spiro atoms.